The second kappa shape index (κ2) is 8.17. The minimum Gasteiger partial charge on any atom is -0.497 e. The molecule has 1 amide bonds. The summed E-state index contributed by atoms with van der Waals surface area (Å²) in [6, 6.07) is 12.6. The average Bonchev–Trinajstić information content (AvgIpc) is 3.02. The van der Waals surface area contributed by atoms with Crippen LogP contribution in [0.4, 0.5) is 10.8 Å². The number of benzene rings is 2. The van der Waals surface area contributed by atoms with E-state index in [4.69, 9.17) is 16.3 Å². The van der Waals surface area contributed by atoms with E-state index in [0.717, 1.165) is 11.3 Å². The summed E-state index contributed by atoms with van der Waals surface area (Å²) in [5, 5.41) is 3.28. The molecule has 0 fully saturated rings. The fourth-order valence-corrected chi connectivity index (χ4v) is 4.52. The molecule has 0 spiro atoms. The number of sulfonamides is 1. The number of nitrogens with zero attached hydrogens (tertiary/aromatic N) is 1. The van der Waals surface area contributed by atoms with E-state index in [9.17, 15) is 13.2 Å². The molecule has 0 saturated heterocycles. The van der Waals surface area contributed by atoms with Crippen LogP contribution in [-0.4, -0.2) is 26.4 Å². The number of hydrogen-bond donors (Lipinski definition) is 2. The molecule has 0 atom stereocenters. The van der Waals surface area contributed by atoms with Gasteiger partial charge in [0.25, 0.3) is 15.9 Å². The molecule has 1 heterocycles. The average molecular weight is 438 g/mol. The smallest absolute Gasteiger partial charge is 0.267 e. The Morgan fingerprint density at radius 1 is 1.11 bits per heavy atom. The predicted molar refractivity (Wildman–Crippen MR) is 110 cm³/mol. The van der Waals surface area contributed by atoms with Crippen LogP contribution in [0.2, 0.25) is 5.02 Å². The molecular weight excluding hydrogens is 422 g/mol. The van der Waals surface area contributed by atoms with Crippen molar-refractivity contribution in [2.75, 3.05) is 17.1 Å². The largest absolute Gasteiger partial charge is 0.497 e. The molecule has 0 unspecified atom stereocenters. The van der Waals surface area contributed by atoms with Gasteiger partial charge in [0.05, 0.1) is 17.7 Å². The standard InChI is InChI=1S/C18H16ClN3O4S2/c1-11-16(17(23)21-13-5-7-14(26-2)8-6-13)27-18(20-11)22-28(24,25)15-9-3-12(19)4-10-15/h3-10H,1-2H3,(H,20,22)(H,21,23). The molecular formula is C18H16ClN3O4S2. The van der Waals surface area contributed by atoms with E-state index >= 15 is 0 Å². The third-order valence-electron chi connectivity index (χ3n) is 3.70. The molecule has 0 aliphatic carbocycles. The maximum atomic E-state index is 12.5. The van der Waals surface area contributed by atoms with Gasteiger partial charge in [0.1, 0.15) is 10.6 Å². The van der Waals surface area contributed by atoms with Crippen LogP contribution < -0.4 is 14.8 Å². The van der Waals surface area contributed by atoms with Crippen molar-refractivity contribution in [3.05, 3.63) is 64.1 Å². The van der Waals surface area contributed by atoms with Crippen LogP contribution in [0.1, 0.15) is 15.4 Å². The predicted octanol–water partition coefficient (Wildman–Crippen LogP) is 4.17. The van der Waals surface area contributed by atoms with E-state index in [2.05, 4.69) is 15.0 Å². The Hall–Kier alpha value is -2.62. The molecule has 2 aromatic carbocycles. The molecule has 1 aromatic heterocycles. The lowest BCUT2D eigenvalue weighted by Gasteiger charge is -2.05. The van der Waals surface area contributed by atoms with Crippen molar-refractivity contribution in [1.82, 2.24) is 4.98 Å². The van der Waals surface area contributed by atoms with Crippen LogP contribution in [0.5, 0.6) is 5.75 Å². The molecule has 0 aliphatic rings. The quantitative estimate of drug-likeness (QED) is 0.603. The number of rotatable bonds is 6. The third-order valence-corrected chi connectivity index (χ3v) is 6.50. The van der Waals surface area contributed by atoms with Gasteiger partial charge in [0.15, 0.2) is 5.13 Å². The first-order valence-corrected chi connectivity index (χ1v) is 10.7. The summed E-state index contributed by atoms with van der Waals surface area (Å²) in [4.78, 5) is 17.0. The van der Waals surface area contributed by atoms with E-state index in [1.165, 1.54) is 24.3 Å². The van der Waals surface area contributed by atoms with E-state index < -0.39 is 10.0 Å². The Labute approximate surface area is 171 Å². The first-order chi connectivity index (χ1) is 13.3. The molecule has 0 radical (unpaired) electrons. The molecule has 0 saturated carbocycles. The molecule has 7 nitrogen and oxygen atoms in total. The summed E-state index contributed by atoms with van der Waals surface area (Å²) in [6.07, 6.45) is 0. The number of aryl methyl sites for hydroxylation is 1. The molecule has 2 N–H and O–H groups in total. The highest BCUT2D eigenvalue weighted by atomic mass is 35.5. The van der Waals surface area contributed by atoms with Gasteiger partial charge in [-0.05, 0) is 55.5 Å². The van der Waals surface area contributed by atoms with Crippen LogP contribution in [0.25, 0.3) is 0 Å². The number of methoxy groups -OCH3 is 1. The zero-order valence-corrected chi connectivity index (χ0v) is 17.3. The molecule has 3 rings (SSSR count). The first-order valence-electron chi connectivity index (χ1n) is 8.00. The number of aromatic nitrogens is 1. The fourth-order valence-electron chi connectivity index (χ4n) is 2.30. The minimum atomic E-state index is -3.83. The normalized spacial score (nSPS) is 11.1. The van der Waals surface area contributed by atoms with Crippen molar-refractivity contribution in [3.63, 3.8) is 0 Å². The Bertz CT molecular complexity index is 1090. The molecule has 146 valence electrons. The minimum absolute atomic E-state index is 0.0500. The van der Waals surface area contributed by atoms with Crippen LogP contribution in [0.15, 0.2) is 53.4 Å². The Morgan fingerprint density at radius 3 is 2.36 bits per heavy atom. The second-order valence-corrected chi connectivity index (χ2v) is 8.79. The molecule has 0 bridgehead atoms. The van der Waals surface area contributed by atoms with Crippen molar-refractivity contribution >= 4 is 49.7 Å². The number of nitrogens with one attached hydrogen (secondary N) is 2. The molecule has 10 heteroatoms. The lowest BCUT2D eigenvalue weighted by Crippen LogP contribution is -2.12. The lowest BCUT2D eigenvalue weighted by molar-refractivity contribution is 0.103. The summed E-state index contributed by atoms with van der Waals surface area (Å²) >= 11 is 6.74. The first kappa shape index (κ1) is 20.1. The highest BCUT2D eigenvalue weighted by Crippen LogP contribution is 2.26. The van der Waals surface area contributed by atoms with Gasteiger partial charge in [-0.1, -0.05) is 22.9 Å². The third kappa shape index (κ3) is 4.61. The van der Waals surface area contributed by atoms with Crippen molar-refractivity contribution in [2.24, 2.45) is 0 Å². The van der Waals surface area contributed by atoms with Crippen LogP contribution in [-0.2, 0) is 10.0 Å². The van der Waals surface area contributed by atoms with Crippen molar-refractivity contribution in [2.45, 2.75) is 11.8 Å². The van der Waals surface area contributed by atoms with Crippen LogP contribution in [0.3, 0.4) is 0 Å². The van der Waals surface area contributed by atoms with Gasteiger partial charge in [-0.3, -0.25) is 9.52 Å². The topological polar surface area (TPSA) is 97.4 Å². The van der Waals surface area contributed by atoms with Gasteiger partial charge < -0.3 is 10.1 Å². The second-order valence-electron chi connectivity index (χ2n) is 5.68. The highest BCUT2D eigenvalue weighted by molar-refractivity contribution is 7.93. The van der Waals surface area contributed by atoms with Gasteiger partial charge in [0.2, 0.25) is 0 Å². The van der Waals surface area contributed by atoms with Gasteiger partial charge >= 0.3 is 0 Å². The molecule has 3 aromatic rings. The highest BCUT2D eigenvalue weighted by Gasteiger charge is 2.20. The van der Waals surface area contributed by atoms with Gasteiger partial charge in [0, 0.05) is 10.7 Å². The summed E-state index contributed by atoms with van der Waals surface area (Å²) in [5.74, 6) is 0.294. The number of amides is 1. The van der Waals surface area contributed by atoms with Crippen LogP contribution >= 0.6 is 22.9 Å². The van der Waals surface area contributed by atoms with Crippen molar-refractivity contribution in [3.8, 4) is 5.75 Å². The van der Waals surface area contributed by atoms with Gasteiger partial charge in [-0.15, -0.1) is 0 Å². The van der Waals surface area contributed by atoms with Gasteiger partial charge in [-0.2, -0.15) is 0 Å². The maximum absolute atomic E-state index is 12.5. The number of carbonyl (C=O) groups is 1. The lowest BCUT2D eigenvalue weighted by atomic mass is 10.3. The summed E-state index contributed by atoms with van der Waals surface area (Å²) in [5.41, 5.74) is 1.01. The monoisotopic (exact) mass is 437 g/mol. The summed E-state index contributed by atoms with van der Waals surface area (Å²) in [7, 11) is -2.28. The zero-order chi connectivity index (χ0) is 20.3. The Kier molecular flexibility index (Phi) is 5.87. The SMILES string of the molecule is COc1ccc(NC(=O)c2sc(NS(=O)(=O)c3ccc(Cl)cc3)nc2C)cc1. The number of anilines is 2. The summed E-state index contributed by atoms with van der Waals surface area (Å²) in [6.45, 7) is 1.64. The maximum Gasteiger partial charge on any atom is 0.267 e. The number of ether oxygens (including phenoxy) is 1. The van der Waals surface area contributed by atoms with E-state index in [-0.39, 0.29) is 15.9 Å². The molecule has 28 heavy (non-hydrogen) atoms. The number of hydrogen-bond acceptors (Lipinski definition) is 6. The molecule has 0 aliphatic heterocycles. The number of halogens is 1. The van der Waals surface area contributed by atoms with Gasteiger partial charge in [-0.25, -0.2) is 13.4 Å². The van der Waals surface area contributed by atoms with Crippen molar-refractivity contribution in [1.29, 1.82) is 0 Å². The zero-order valence-electron chi connectivity index (χ0n) is 14.9. The van der Waals surface area contributed by atoms with Crippen molar-refractivity contribution < 1.29 is 17.9 Å². The van der Waals surface area contributed by atoms with E-state index in [0.29, 0.717) is 27.0 Å². The van der Waals surface area contributed by atoms with E-state index in [1.807, 2.05) is 0 Å². The van der Waals surface area contributed by atoms with E-state index in [1.54, 1.807) is 38.3 Å². The Morgan fingerprint density at radius 2 is 1.75 bits per heavy atom. The Balaban J connectivity index is 1.76. The fraction of sp³-hybridized carbons (Fsp3) is 0.111. The number of carbonyl (C=O) groups excluding carboxylic acids is 1. The summed E-state index contributed by atoms with van der Waals surface area (Å²) < 4.78 is 32.4. The van der Waals surface area contributed by atoms with Crippen LogP contribution in [0, 0.1) is 6.92 Å². The number of thiazole rings is 1.